The van der Waals surface area contributed by atoms with Gasteiger partial charge in [0.15, 0.2) is 0 Å². The number of ether oxygens (including phenoxy) is 1. The zero-order chi connectivity index (χ0) is 12.5. The van der Waals surface area contributed by atoms with Crippen LogP contribution in [0, 0.1) is 0 Å². The molecule has 5 nitrogen and oxygen atoms in total. The van der Waals surface area contributed by atoms with Crippen LogP contribution in [0.5, 0.6) is 0 Å². The molecule has 1 fully saturated rings. The smallest absolute Gasteiger partial charge is 0.419 e. The summed E-state index contributed by atoms with van der Waals surface area (Å²) < 4.78 is 6.62. The fourth-order valence-corrected chi connectivity index (χ4v) is 1.41. The highest BCUT2D eigenvalue weighted by Crippen LogP contribution is 2.19. The minimum atomic E-state index is -0.478. The van der Waals surface area contributed by atoms with E-state index in [1.165, 1.54) is 23.7 Å². The number of rotatable bonds is 3. The van der Waals surface area contributed by atoms with Gasteiger partial charge in [-0.15, -0.1) is 0 Å². The Hall–Kier alpha value is -1.36. The van der Waals surface area contributed by atoms with E-state index in [1.54, 1.807) is 6.20 Å². The van der Waals surface area contributed by atoms with Gasteiger partial charge in [0.1, 0.15) is 11.9 Å². The third-order valence-electron chi connectivity index (χ3n) is 2.39. The molecule has 1 aromatic heterocycles. The average molecular weight is 237 g/mol. The number of hydrogen-bond donors (Lipinski definition) is 1. The van der Waals surface area contributed by atoms with Gasteiger partial charge in [0, 0.05) is 18.8 Å². The number of nitrogens with zero attached hydrogens (tertiary/aromatic N) is 2. The van der Waals surface area contributed by atoms with E-state index in [0.717, 1.165) is 5.69 Å². The first-order valence-corrected chi connectivity index (χ1v) is 5.94. The highest BCUT2D eigenvalue weighted by molar-refractivity contribution is 5.70. The SMILES string of the molecule is CC(C)(C)OC(=O)n1cnc(CNC2CC2)c1. The standard InChI is InChI=1S/C12H19N3O2/c1-12(2,3)17-11(16)15-7-10(14-8-15)6-13-9-4-5-9/h7-9,13H,4-6H2,1-3H3. The Kier molecular flexibility index (Phi) is 3.19. The third-order valence-corrected chi connectivity index (χ3v) is 2.39. The summed E-state index contributed by atoms with van der Waals surface area (Å²) in [6.07, 6.45) is 5.31. The highest BCUT2D eigenvalue weighted by Gasteiger charge is 2.21. The van der Waals surface area contributed by atoms with Gasteiger partial charge in [0.2, 0.25) is 0 Å². The molecule has 0 spiro atoms. The second-order valence-electron chi connectivity index (χ2n) is 5.41. The Morgan fingerprint density at radius 1 is 1.59 bits per heavy atom. The predicted molar refractivity (Wildman–Crippen MR) is 63.7 cm³/mol. The molecule has 0 amide bonds. The van der Waals surface area contributed by atoms with Crippen molar-refractivity contribution in [1.82, 2.24) is 14.9 Å². The number of carbonyl (C=O) groups excluding carboxylic acids is 1. The van der Waals surface area contributed by atoms with E-state index in [9.17, 15) is 4.79 Å². The van der Waals surface area contributed by atoms with Gasteiger partial charge >= 0.3 is 6.09 Å². The van der Waals surface area contributed by atoms with Crippen LogP contribution in [0.3, 0.4) is 0 Å². The summed E-state index contributed by atoms with van der Waals surface area (Å²) in [5.41, 5.74) is 0.385. The first-order valence-electron chi connectivity index (χ1n) is 5.94. The first-order chi connectivity index (χ1) is 7.94. The Labute approximate surface area is 101 Å². The van der Waals surface area contributed by atoms with E-state index in [2.05, 4.69) is 10.3 Å². The molecule has 0 aliphatic heterocycles. The van der Waals surface area contributed by atoms with Crippen molar-refractivity contribution in [3.05, 3.63) is 18.2 Å². The minimum absolute atomic E-state index is 0.386. The molecule has 17 heavy (non-hydrogen) atoms. The summed E-state index contributed by atoms with van der Waals surface area (Å²) in [6.45, 7) is 6.24. The van der Waals surface area contributed by atoms with Gasteiger partial charge in [-0.25, -0.2) is 14.3 Å². The maximum absolute atomic E-state index is 11.7. The topological polar surface area (TPSA) is 56.2 Å². The lowest BCUT2D eigenvalue weighted by Gasteiger charge is -2.19. The van der Waals surface area contributed by atoms with Crippen molar-refractivity contribution < 1.29 is 9.53 Å². The maximum atomic E-state index is 11.7. The largest absolute Gasteiger partial charge is 0.443 e. The summed E-state index contributed by atoms with van der Waals surface area (Å²) in [7, 11) is 0. The van der Waals surface area contributed by atoms with Crippen LogP contribution < -0.4 is 5.32 Å². The Balaban J connectivity index is 1.89. The molecule has 5 heteroatoms. The summed E-state index contributed by atoms with van der Waals surface area (Å²) in [4.78, 5) is 15.9. The van der Waals surface area contributed by atoms with Crippen molar-refractivity contribution in [3.63, 3.8) is 0 Å². The molecule has 1 aromatic rings. The lowest BCUT2D eigenvalue weighted by atomic mass is 10.2. The van der Waals surface area contributed by atoms with Gasteiger partial charge in [-0.2, -0.15) is 0 Å². The molecule has 1 N–H and O–H groups in total. The molecule has 0 atom stereocenters. The highest BCUT2D eigenvalue weighted by atomic mass is 16.6. The van der Waals surface area contributed by atoms with Crippen molar-refractivity contribution in [2.75, 3.05) is 0 Å². The fourth-order valence-electron chi connectivity index (χ4n) is 1.41. The molecule has 2 rings (SSSR count). The molecule has 0 saturated heterocycles. The summed E-state index contributed by atoms with van der Waals surface area (Å²) >= 11 is 0. The van der Waals surface area contributed by atoms with E-state index in [1.807, 2.05) is 20.8 Å². The summed E-state index contributed by atoms with van der Waals surface area (Å²) in [5, 5.41) is 3.35. The number of imidazole rings is 1. The van der Waals surface area contributed by atoms with E-state index in [-0.39, 0.29) is 6.09 Å². The third kappa shape index (κ3) is 3.85. The molecular formula is C12H19N3O2. The second kappa shape index (κ2) is 4.49. The molecule has 1 aliphatic rings. The number of nitrogens with one attached hydrogen (secondary N) is 1. The maximum Gasteiger partial charge on any atom is 0.419 e. The molecule has 0 aromatic carbocycles. The second-order valence-corrected chi connectivity index (χ2v) is 5.41. The van der Waals surface area contributed by atoms with Crippen molar-refractivity contribution in [2.24, 2.45) is 0 Å². The van der Waals surface area contributed by atoms with Gasteiger partial charge in [-0.1, -0.05) is 0 Å². The molecule has 1 heterocycles. The van der Waals surface area contributed by atoms with E-state index in [4.69, 9.17) is 4.74 Å². The van der Waals surface area contributed by atoms with Crippen LogP contribution in [0.15, 0.2) is 12.5 Å². The van der Waals surface area contributed by atoms with Gasteiger partial charge < -0.3 is 10.1 Å². The number of carbonyl (C=O) groups is 1. The molecule has 0 unspecified atom stereocenters. The van der Waals surface area contributed by atoms with Crippen LogP contribution in [-0.2, 0) is 11.3 Å². The first kappa shape index (κ1) is 12.1. The van der Waals surface area contributed by atoms with Gasteiger partial charge in [0.05, 0.1) is 5.69 Å². The number of hydrogen-bond acceptors (Lipinski definition) is 4. The van der Waals surface area contributed by atoms with Crippen LogP contribution >= 0.6 is 0 Å². The van der Waals surface area contributed by atoms with E-state index < -0.39 is 5.60 Å². The lowest BCUT2D eigenvalue weighted by molar-refractivity contribution is 0.0536. The van der Waals surface area contributed by atoms with E-state index in [0.29, 0.717) is 12.6 Å². The molecule has 0 radical (unpaired) electrons. The van der Waals surface area contributed by atoms with Gasteiger partial charge in [-0.05, 0) is 33.6 Å². The van der Waals surface area contributed by atoms with Crippen molar-refractivity contribution in [1.29, 1.82) is 0 Å². The molecule has 1 aliphatic carbocycles. The Morgan fingerprint density at radius 2 is 2.29 bits per heavy atom. The fraction of sp³-hybridized carbons (Fsp3) is 0.667. The van der Waals surface area contributed by atoms with Crippen LogP contribution in [0.2, 0.25) is 0 Å². The monoisotopic (exact) mass is 237 g/mol. The van der Waals surface area contributed by atoms with E-state index >= 15 is 0 Å². The van der Waals surface area contributed by atoms with Crippen LogP contribution in [0.25, 0.3) is 0 Å². The zero-order valence-corrected chi connectivity index (χ0v) is 10.6. The predicted octanol–water partition coefficient (Wildman–Crippen LogP) is 1.92. The van der Waals surface area contributed by atoms with Gasteiger partial charge in [-0.3, -0.25) is 0 Å². The average Bonchev–Trinajstić information content (AvgIpc) is 2.90. The number of aromatic nitrogens is 2. The molecule has 1 saturated carbocycles. The van der Waals surface area contributed by atoms with Crippen LogP contribution in [0.1, 0.15) is 39.3 Å². The zero-order valence-electron chi connectivity index (χ0n) is 10.6. The summed E-state index contributed by atoms with van der Waals surface area (Å²) in [5.74, 6) is 0. The van der Waals surface area contributed by atoms with Crippen LogP contribution in [-0.4, -0.2) is 27.3 Å². The van der Waals surface area contributed by atoms with Gasteiger partial charge in [0.25, 0.3) is 0 Å². The molecule has 0 bridgehead atoms. The molecular weight excluding hydrogens is 218 g/mol. The molecule has 94 valence electrons. The normalized spacial score (nSPS) is 15.9. The van der Waals surface area contributed by atoms with Crippen LogP contribution in [0.4, 0.5) is 4.79 Å². The van der Waals surface area contributed by atoms with Crippen molar-refractivity contribution in [3.8, 4) is 0 Å². The Bertz CT molecular complexity index is 402. The minimum Gasteiger partial charge on any atom is -0.443 e. The van der Waals surface area contributed by atoms with Crippen molar-refractivity contribution >= 4 is 6.09 Å². The quantitative estimate of drug-likeness (QED) is 0.872. The Morgan fingerprint density at radius 3 is 2.88 bits per heavy atom. The summed E-state index contributed by atoms with van der Waals surface area (Å²) in [6, 6.07) is 0.640. The van der Waals surface area contributed by atoms with Crippen molar-refractivity contribution in [2.45, 2.75) is 51.8 Å². The lowest BCUT2D eigenvalue weighted by Crippen LogP contribution is -2.26.